The van der Waals surface area contributed by atoms with Crippen molar-refractivity contribution in [1.82, 2.24) is 0 Å². The van der Waals surface area contributed by atoms with E-state index in [-0.39, 0.29) is 0 Å². The molecule has 0 radical (unpaired) electrons. The van der Waals surface area contributed by atoms with Gasteiger partial charge in [0, 0.05) is 0 Å². The van der Waals surface area contributed by atoms with Crippen LogP contribution in [0.3, 0.4) is 0 Å². The molecule has 1 aliphatic heterocycles. The van der Waals surface area contributed by atoms with E-state index in [2.05, 4.69) is 38.1 Å². The average Bonchev–Trinajstić information content (AvgIpc) is 2.27. The molecule has 0 aromatic heterocycles. The molecule has 0 unspecified atom stereocenters. The van der Waals surface area contributed by atoms with Crippen molar-refractivity contribution >= 4 is 43.5 Å². The Morgan fingerprint density at radius 2 is 1.41 bits per heavy atom. The molecule has 0 spiro atoms. The van der Waals surface area contributed by atoms with Crippen LogP contribution in [0.1, 0.15) is 25.7 Å². The summed E-state index contributed by atoms with van der Waals surface area (Å²) in [5, 5.41) is 0. The van der Waals surface area contributed by atoms with Crippen LogP contribution in [0.25, 0.3) is 0 Å². The first kappa shape index (κ1) is 16.5. The number of hydrogen-bond acceptors (Lipinski definition) is 0. The zero-order valence-electron chi connectivity index (χ0n) is 13.1. The minimum absolute atomic E-state index is 0.902. The fourth-order valence-electron chi connectivity index (χ4n) is 3.82. The van der Waals surface area contributed by atoms with E-state index in [1.165, 1.54) is 32.0 Å². The molecule has 0 amide bonds. The summed E-state index contributed by atoms with van der Waals surface area (Å²) < 4.78 is 2.14. The Bertz CT molecular complexity index is 278. The molecule has 0 aromatic rings. The van der Waals surface area contributed by atoms with Crippen LogP contribution in [-0.2, 0) is 0 Å². The molecule has 17 heavy (non-hydrogen) atoms. The number of allylic oxidation sites excluding steroid dienone is 1. The Kier molecular flexibility index (Phi) is 6.04. The van der Waals surface area contributed by atoms with Gasteiger partial charge in [0.15, 0.2) is 0 Å². The maximum atomic E-state index is 2.65. The molecular weight excluding hydrogens is 416 g/mol. The van der Waals surface area contributed by atoms with E-state index < -0.39 is 36.8 Å². The summed E-state index contributed by atoms with van der Waals surface area (Å²) in [6.45, 7) is 3.41. The van der Waals surface area contributed by atoms with Crippen molar-refractivity contribution in [3.05, 3.63) is 7.08 Å². The average molecular weight is 448 g/mol. The fraction of sp³-hybridized carbons (Fsp3) is 0.857. The molecule has 0 saturated carbocycles. The Morgan fingerprint density at radius 1 is 0.882 bits per heavy atom. The summed E-state index contributed by atoms with van der Waals surface area (Å²) in [4.78, 5) is 15.9. The Balaban J connectivity index is 3.25. The predicted molar refractivity (Wildman–Crippen MR) is 88.6 cm³/mol. The Hall–Kier alpha value is 1.40. The molecule has 0 aromatic carbocycles. The van der Waals surface area contributed by atoms with Crippen molar-refractivity contribution in [2.24, 2.45) is 0 Å². The second-order valence-corrected chi connectivity index (χ2v) is 40.5. The monoisotopic (exact) mass is 450 g/mol. The van der Waals surface area contributed by atoms with Gasteiger partial charge in [0.2, 0.25) is 0 Å². The molecule has 1 rings (SSSR count). The topological polar surface area (TPSA) is 0 Å². The molecule has 1 heterocycles. The van der Waals surface area contributed by atoms with Crippen LogP contribution in [0.2, 0.25) is 42.8 Å². The SMILES string of the molecule is CB1CCCCCC1=[C]([Sn]([CH3])([CH3])[CH3])[Sn]([CH3])([CH3])[CH3]. The van der Waals surface area contributed by atoms with Gasteiger partial charge >= 0.3 is 119 Å². The van der Waals surface area contributed by atoms with Crippen molar-refractivity contribution in [2.75, 3.05) is 0 Å². The summed E-state index contributed by atoms with van der Waals surface area (Å²) in [6, 6.07) is 0. The molecule has 0 aliphatic carbocycles. The molecule has 1 aliphatic rings. The fourth-order valence-corrected chi connectivity index (χ4v) is 60.9. The van der Waals surface area contributed by atoms with Crippen LogP contribution >= 0.6 is 0 Å². The van der Waals surface area contributed by atoms with E-state index in [4.69, 9.17) is 0 Å². The van der Waals surface area contributed by atoms with Gasteiger partial charge in [0.05, 0.1) is 0 Å². The molecule has 1 fully saturated rings. The summed E-state index contributed by atoms with van der Waals surface area (Å²) in [5.41, 5.74) is 1.97. The van der Waals surface area contributed by atoms with Crippen LogP contribution in [-0.4, -0.2) is 43.5 Å². The normalized spacial score (nSPS) is 19.2. The van der Waals surface area contributed by atoms with E-state index in [1.807, 2.05) is 5.47 Å². The van der Waals surface area contributed by atoms with Gasteiger partial charge in [0.25, 0.3) is 0 Å². The molecule has 0 bridgehead atoms. The third kappa shape index (κ3) is 4.78. The van der Waals surface area contributed by atoms with E-state index in [1.54, 1.807) is 0 Å². The van der Waals surface area contributed by atoms with Crippen molar-refractivity contribution < 1.29 is 0 Å². The van der Waals surface area contributed by atoms with Crippen molar-refractivity contribution in [2.45, 2.75) is 68.5 Å². The third-order valence-electron chi connectivity index (χ3n) is 4.00. The molecule has 0 N–H and O–H groups in total. The zero-order chi connectivity index (χ0) is 13.3. The first-order valence-electron chi connectivity index (χ1n) is 7.38. The van der Waals surface area contributed by atoms with E-state index in [0.717, 1.165) is 6.71 Å². The van der Waals surface area contributed by atoms with Crippen LogP contribution in [0.5, 0.6) is 0 Å². The van der Waals surface area contributed by atoms with Gasteiger partial charge < -0.3 is 0 Å². The van der Waals surface area contributed by atoms with E-state index >= 15 is 0 Å². The molecule has 98 valence electrons. The van der Waals surface area contributed by atoms with Gasteiger partial charge in [-0.3, -0.25) is 0 Å². The first-order valence-corrected chi connectivity index (χ1v) is 27.4. The van der Waals surface area contributed by atoms with Crippen molar-refractivity contribution in [3.63, 3.8) is 0 Å². The zero-order valence-corrected chi connectivity index (χ0v) is 18.8. The minimum atomic E-state index is -1.87. The summed E-state index contributed by atoms with van der Waals surface area (Å²) in [5.74, 6) is 0. The summed E-state index contributed by atoms with van der Waals surface area (Å²) >= 11 is -3.74. The van der Waals surface area contributed by atoms with Gasteiger partial charge in [-0.15, -0.1) is 0 Å². The second-order valence-electron chi connectivity index (χ2n) is 7.90. The number of hydrogen-bond donors (Lipinski definition) is 0. The van der Waals surface area contributed by atoms with Gasteiger partial charge in [-0.25, -0.2) is 0 Å². The molecule has 1 saturated heterocycles. The van der Waals surface area contributed by atoms with Gasteiger partial charge in [-0.2, -0.15) is 0 Å². The quantitative estimate of drug-likeness (QED) is 0.506. The predicted octanol–water partition coefficient (Wildman–Crippen LogP) is 5.28. The van der Waals surface area contributed by atoms with Crippen LogP contribution < -0.4 is 0 Å². The molecule has 0 atom stereocenters. The van der Waals surface area contributed by atoms with Gasteiger partial charge in [0.1, 0.15) is 0 Å². The molecule has 0 nitrogen and oxygen atoms in total. The standard InChI is InChI=1S/C8H13B.6CH3.2Sn/c1-8-6-4-3-5-7-9(8)2;;;;;;;;/h3-7H2,2H3;6*1H3;;. The van der Waals surface area contributed by atoms with Crippen LogP contribution in [0, 0.1) is 0 Å². The van der Waals surface area contributed by atoms with Gasteiger partial charge in [-0.1, -0.05) is 0 Å². The Morgan fingerprint density at radius 3 is 1.88 bits per heavy atom. The van der Waals surface area contributed by atoms with Crippen molar-refractivity contribution in [3.8, 4) is 0 Å². The first-order chi connectivity index (χ1) is 7.64. The maximum absolute atomic E-state index is 2.65. The van der Waals surface area contributed by atoms with Crippen LogP contribution in [0.4, 0.5) is 0 Å². The third-order valence-corrected chi connectivity index (χ3v) is 43.1. The summed E-state index contributed by atoms with van der Waals surface area (Å²) in [7, 11) is 0. The van der Waals surface area contributed by atoms with E-state index in [0.29, 0.717) is 0 Å². The Labute approximate surface area is 118 Å². The molecular formula is C14H31BSn2. The second kappa shape index (κ2) is 6.24. The van der Waals surface area contributed by atoms with Crippen LogP contribution in [0.15, 0.2) is 7.08 Å². The molecule has 3 heteroatoms. The number of rotatable bonds is 2. The van der Waals surface area contributed by atoms with Crippen molar-refractivity contribution in [1.29, 1.82) is 0 Å². The van der Waals surface area contributed by atoms with E-state index in [9.17, 15) is 0 Å². The summed E-state index contributed by atoms with van der Waals surface area (Å²) in [6.07, 6.45) is 7.31. The van der Waals surface area contributed by atoms with Gasteiger partial charge in [-0.05, 0) is 0 Å².